The van der Waals surface area contributed by atoms with E-state index in [9.17, 15) is 14.0 Å². The second kappa shape index (κ2) is 8.13. The summed E-state index contributed by atoms with van der Waals surface area (Å²) in [5, 5.41) is 0.264. The van der Waals surface area contributed by atoms with Gasteiger partial charge in [0.1, 0.15) is 17.0 Å². The number of carbonyl (C=O) groups is 2. The van der Waals surface area contributed by atoms with Gasteiger partial charge in [0.2, 0.25) is 6.41 Å². The summed E-state index contributed by atoms with van der Waals surface area (Å²) >= 11 is 0. The Balaban J connectivity index is 1.67. The van der Waals surface area contributed by atoms with Crippen molar-refractivity contribution in [1.82, 2.24) is 14.9 Å². The number of aromatic nitrogens is 2. The predicted molar refractivity (Wildman–Crippen MR) is 112 cm³/mol. The molecule has 2 amide bonds. The van der Waals surface area contributed by atoms with Crippen LogP contribution in [-0.2, 0) is 9.53 Å². The fourth-order valence-corrected chi connectivity index (χ4v) is 3.13. The molecule has 7 nitrogen and oxygen atoms in total. The number of rotatable bonds is 6. The molecule has 2 N–H and O–H groups in total. The fraction of sp³-hybridized carbons (Fsp3) is 0.217. The largest absolute Gasteiger partial charge is 0.364 e. The Morgan fingerprint density at radius 2 is 2.10 bits per heavy atom. The second-order valence-corrected chi connectivity index (χ2v) is 7.35. The van der Waals surface area contributed by atoms with E-state index < -0.39 is 17.3 Å². The number of halogens is 1. The summed E-state index contributed by atoms with van der Waals surface area (Å²) in [6.45, 7) is 1.06. The number of fused-ring (bicyclic) bond motifs is 1. The molecule has 4 rings (SSSR count). The number of amides is 2. The van der Waals surface area contributed by atoms with E-state index in [0.29, 0.717) is 30.7 Å². The highest BCUT2D eigenvalue weighted by Crippen LogP contribution is 2.30. The molecule has 3 aromatic rings. The van der Waals surface area contributed by atoms with Crippen LogP contribution in [0.1, 0.15) is 22.5 Å². The molecule has 1 atom stereocenters. The van der Waals surface area contributed by atoms with E-state index in [1.807, 2.05) is 6.07 Å². The number of epoxide rings is 1. The van der Waals surface area contributed by atoms with Crippen molar-refractivity contribution < 1.29 is 18.7 Å². The van der Waals surface area contributed by atoms with Gasteiger partial charge in [0, 0.05) is 36.5 Å². The number of primary amides is 1. The van der Waals surface area contributed by atoms with Gasteiger partial charge in [-0.1, -0.05) is 36.1 Å². The molecule has 1 saturated heterocycles. The van der Waals surface area contributed by atoms with Gasteiger partial charge in [-0.25, -0.2) is 14.4 Å². The van der Waals surface area contributed by atoms with Crippen molar-refractivity contribution in [3.8, 4) is 23.2 Å². The minimum atomic E-state index is -0.761. The minimum Gasteiger partial charge on any atom is -0.364 e. The zero-order chi connectivity index (χ0) is 22.0. The van der Waals surface area contributed by atoms with Crippen molar-refractivity contribution in [3.63, 3.8) is 0 Å². The first-order valence-electron chi connectivity index (χ1n) is 9.60. The summed E-state index contributed by atoms with van der Waals surface area (Å²) in [5.74, 6) is 5.06. The highest BCUT2D eigenvalue weighted by molar-refractivity contribution is 6.04. The Kier molecular flexibility index (Phi) is 5.36. The maximum Gasteiger partial charge on any atom is 0.268 e. The number of nitrogens with two attached hydrogens (primary N) is 1. The van der Waals surface area contributed by atoms with Crippen LogP contribution < -0.4 is 5.73 Å². The highest BCUT2D eigenvalue weighted by atomic mass is 19.1. The average Bonchev–Trinajstić information content (AvgIpc) is 3.56. The monoisotopic (exact) mass is 418 g/mol. The minimum absolute atomic E-state index is 0.0300. The molecule has 1 fully saturated rings. The summed E-state index contributed by atoms with van der Waals surface area (Å²) in [7, 11) is 1.70. The SMILES string of the molecule is CN(C=O)CCC1(C#Cc2cccc(-c3nc(C(N)=O)c4cccc(F)c4n3)c2)CO1. The van der Waals surface area contributed by atoms with E-state index in [1.54, 1.807) is 31.3 Å². The van der Waals surface area contributed by atoms with E-state index in [1.165, 1.54) is 17.0 Å². The number of benzene rings is 2. The first-order valence-corrected chi connectivity index (χ1v) is 9.60. The number of nitrogens with zero attached hydrogens (tertiary/aromatic N) is 3. The Morgan fingerprint density at radius 1 is 1.32 bits per heavy atom. The fourth-order valence-electron chi connectivity index (χ4n) is 3.13. The molecule has 1 aliphatic rings. The van der Waals surface area contributed by atoms with Gasteiger partial charge in [0.15, 0.2) is 11.4 Å². The molecule has 2 aromatic carbocycles. The van der Waals surface area contributed by atoms with Crippen molar-refractivity contribution >= 4 is 23.2 Å². The molecule has 1 aliphatic heterocycles. The standard InChI is InChI=1S/C23H19FN4O3/c1-28(14-29)11-10-23(13-31-23)9-8-15-4-2-5-16(12-15)22-26-19-17(6-3-7-18(19)24)20(27-22)21(25)30/h2-7,12,14H,10-11,13H2,1H3,(H2,25,30). The molecular weight excluding hydrogens is 399 g/mol. The van der Waals surface area contributed by atoms with E-state index in [2.05, 4.69) is 21.8 Å². The number of hydrogen-bond donors (Lipinski definition) is 1. The Labute approximate surface area is 178 Å². The molecule has 156 valence electrons. The molecular formula is C23H19FN4O3. The smallest absolute Gasteiger partial charge is 0.268 e. The van der Waals surface area contributed by atoms with Crippen molar-refractivity contribution in [2.24, 2.45) is 5.73 Å². The Hall–Kier alpha value is -3.83. The third-order valence-electron chi connectivity index (χ3n) is 5.01. The van der Waals surface area contributed by atoms with Gasteiger partial charge in [-0.05, 0) is 18.2 Å². The normalized spacial score (nSPS) is 17.0. The van der Waals surface area contributed by atoms with Gasteiger partial charge in [-0.15, -0.1) is 0 Å². The lowest BCUT2D eigenvalue weighted by molar-refractivity contribution is -0.117. The molecule has 0 spiro atoms. The predicted octanol–water partition coefficient (Wildman–Crippen LogP) is 2.13. The Bertz CT molecular complexity index is 1240. The van der Waals surface area contributed by atoms with Crippen LogP contribution in [0, 0.1) is 17.7 Å². The maximum absolute atomic E-state index is 14.3. The number of para-hydroxylation sites is 1. The van der Waals surface area contributed by atoms with Gasteiger partial charge in [0.05, 0.1) is 6.61 Å². The summed E-state index contributed by atoms with van der Waals surface area (Å²) in [5.41, 5.74) is 6.16. The molecule has 1 aromatic heterocycles. The van der Waals surface area contributed by atoms with Gasteiger partial charge in [-0.3, -0.25) is 9.59 Å². The highest BCUT2D eigenvalue weighted by Gasteiger charge is 2.42. The molecule has 0 saturated carbocycles. The van der Waals surface area contributed by atoms with Crippen LogP contribution in [0.15, 0.2) is 42.5 Å². The Morgan fingerprint density at radius 3 is 2.81 bits per heavy atom. The number of hydrogen-bond acceptors (Lipinski definition) is 5. The molecule has 0 radical (unpaired) electrons. The van der Waals surface area contributed by atoms with Crippen molar-refractivity contribution in [2.75, 3.05) is 20.2 Å². The van der Waals surface area contributed by atoms with E-state index in [4.69, 9.17) is 10.5 Å². The molecule has 1 unspecified atom stereocenters. The van der Waals surface area contributed by atoms with Crippen LogP contribution >= 0.6 is 0 Å². The van der Waals surface area contributed by atoms with Gasteiger partial charge in [0.25, 0.3) is 5.91 Å². The second-order valence-electron chi connectivity index (χ2n) is 7.35. The number of carbonyl (C=O) groups excluding carboxylic acids is 2. The third kappa shape index (κ3) is 4.37. The number of ether oxygens (including phenoxy) is 1. The van der Waals surface area contributed by atoms with Crippen LogP contribution in [0.2, 0.25) is 0 Å². The van der Waals surface area contributed by atoms with Gasteiger partial charge >= 0.3 is 0 Å². The summed E-state index contributed by atoms with van der Waals surface area (Å²) in [6.07, 6.45) is 1.38. The topological polar surface area (TPSA) is 102 Å². The zero-order valence-corrected chi connectivity index (χ0v) is 16.8. The molecule has 8 heteroatoms. The lowest BCUT2D eigenvalue weighted by atomic mass is 10.1. The van der Waals surface area contributed by atoms with Crippen LogP contribution in [0.25, 0.3) is 22.3 Å². The summed E-state index contributed by atoms with van der Waals surface area (Å²) in [4.78, 5) is 32.7. The van der Waals surface area contributed by atoms with Gasteiger partial charge < -0.3 is 15.4 Å². The molecule has 0 bridgehead atoms. The maximum atomic E-state index is 14.3. The summed E-state index contributed by atoms with van der Waals surface area (Å²) in [6, 6.07) is 11.4. The zero-order valence-electron chi connectivity index (χ0n) is 16.8. The first kappa shape index (κ1) is 20.4. The third-order valence-corrected chi connectivity index (χ3v) is 5.01. The van der Waals surface area contributed by atoms with E-state index in [-0.39, 0.29) is 22.4 Å². The van der Waals surface area contributed by atoms with Crippen molar-refractivity contribution in [3.05, 3.63) is 59.5 Å². The first-order chi connectivity index (χ1) is 14.9. The van der Waals surface area contributed by atoms with Crippen LogP contribution in [0.3, 0.4) is 0 Å². The van der Waals surface area contributed by atoms with Crippen LogP contribution in [0.5, 0.6) is 0 Å². The quantitative estimate of drug-likeness (QED) is 0.375. The molecule has 0 aliphatic carbocycles. The van der Waals surface area contributed by atoms with E-state index >= 15 is 0 Å². The van der Waals surface area contributed by atoms with Crippen LogP contribution in [0.4, 0.5) is 4.39 Å². The van der Waals surface area contributed by atoms with E-state index in [0.717, 1.165) is 6.41 Å². The molecule has 2 heterocycles. The summed E-state index contributed by atoms with van der Waals surface area (Å²) < 4.78 is 19.8. The van der Waals surface area contributed by atoms with Crippen molar-refractivity contribution in [2.45, 2.75) is 12.0 Å². The van der Waals surface area contributed by atoms with Crippen LogP contribution in [-0.4, -0.2) is 53.0 Å². The lowest BCUT2D eigenvalue weighted by Crippen LogP contribution is -2.22. The average molecular weight is 418 g/mol. The molecule has 31 heavy (non-hydrogen) atoms. The lowest BCUT2D eigenvalue weighted by Gasteiger charge is -2.11. The van der Waals surface area contributed by atoms with Gasteiger partial charge in [-0.2, -0.15) is 0 Å². The van der Waals surface area contributed by atoms with Crippen molar-refractivity contribution in [1.29, 1.82) is 0 Å².